The van der Waals surface area contributed by atoms with E-state index in [2.05, 4.69) is 12.1 Å². The zero-order valence-electron chi connectivity index (χ0n) is 10.8. The molecule has 2 fully saturated rings. The first-order valence-electron chi connectivity index (χ1n) is 7.13. The molecule has 0 atom stereocenters. The average Bonchev–Trinajstić information content (AvgIpc) is 2.75. The molecule has 0 aliphatic heterocycles. The van der Waals surface area contributed by atoms with Gasteiger partial charge in [0.15, 0.2) is 5.78 Å². The summed E-state index contributed by atoms with van der Waals surface area (Å²) in [6, 6.07) is 8.17. The second-order valence-corrected chi connectivity index (χ2v) is 5.95. The Kier molecular flexibility index (Phi) is 2.98. The maximum Gasteiger partial charge on any atom is 0.182 e. The van der Waals surface area contributed by atoms with E-state index in [9.17, 15) is 4.79 Å². The van der Waals surface area contributed by atoms with Crippen LogP contribution < -0.4 is 5.73 Å². The summed E-state index contributed by atoms with van der Waals surface area (Å²) in [7, 11) is 0. The van der Waals surface area contributed by atoms with Crippen molar-refractivity contribution in [1.82, 2.24) is 0 Å². The predicted molar refractivity (Wildman–Crippen MR) is 72.8 cm³/mol. The predicted octanol–water partition coefficient (Wildman–Crippen LogP) is 3.41. The topological polar surface area (TPSA) is 43.1 Å². The number of hydrogen-bond acceptors (Lipinski definition) is 2. The van der Waals surface area contributed by atoms with Gasteiger partial charge in [0.05, 0.1) is 5.54 Å². The van der Waals surface area contributed by atoms with Crippen molar-refractivity contribution in [3.8, 4) is 0 Å². The maximum atomic E-state index is 12.5. The summed E-state index contributed by atoms with van der Waals surface area (Å²) < 4.78 is 0. The number of hydrogen-bond donors (Lipinski definition) is 1. The molecule has 2 nitrogen and oxygen atoms in total. The van der Waals surface area contributed by atoms with E-state index in [4.69, 9.17) is 5.73 Å². The Morgan fingerprint density at radius 1 is 1.17 bits per heavy atom. The third-order valence-electron chi connectivity index (χ3n) is 4.67. The summed E-state index contributed by atoms with van der Waals surface area (Å²) in [4.78, 5) is 12.5. The Balaban J connectivity index is 1.84. The van der Waals surface area contributed by atoms with Gasteiger partial charge in [-0.3, -0.25) is 4.79 Å². The molecule has 0 spiro atoms. The van der Waals surface area contributed by atoms with Gasteiger partial charge in [-0.05, 0) is 43.2 Å². The molecule has 0 amide bonds. The fraction of sp³-hybridized carbons (Fsp3) is 0.562. The molecule has 0 radical (unpaired) electrons. The second kappa shape index (κ2) is 4.51. The lowest BCUT2D eigenvalue weighted by atomic mass is 9.78. The van der Waals surface area contributed by atoms with Crippen LogP contribution in [0.2, 0.25) is 0 Å². The molecule has 2 heteroatoms. The number of ketones is 1. The molecule has 0 aromatic heterocycles. The molecule has 0 heterocycles. The van der Waals surface area contributed by atoms with Crippen molar-refractivity contribution in [3.05, 3.63) is 35.4 Å². The normalized spacial score (nSPS) is 22.7. The summed E-state index contributed by atoms with van der Waals surface area (Å²) in [6.07, 6.45) is 7.73. The highest BCUT2D eigenvalue weighted by Gasteiger charge is 2.37. The maximum absolute atomic E-state index is 12.5. The molecule has 0 bridgehead atoms. The number of nitrogens with two attached hydrogens (primary N) is 1. The Bertz CT molecular complexity index is 456. The third kappa shape index (κ3) is 1.99. The van der Waals surface area contributed by atoms with Gasteiger partial charge in [0, 0.05) is 5.56 Å². The van der Waals surface area contributed by atoms with Crippen molar-refractivity contribution in [2.45, 2.75) is 56.4 Å². The first-order valence-corrected chi connectivity index (χ1v) is 7.13. The van der Waals surface area contributed by atoms with E-state index in [1.165, 1.54) is 24.8 Å². The van der Waals surface area contributed by atoms with Crippen molar-refractivity contribution in [3.63, 3.8) is 0 Å². The first-order chi connectivity index (χ1) is 8.69. The standard InChI is InChI=1S/C16H21NO/c17-16(9-1-2-10-16)15(18)14-8-4-7-13(11-14)12-5-3-6-12/h4,7-8,11-12H,1-3,5-6,9-10,17H2. The smallest absolute Gasteiger partial charge is 0.182 e. The van der Waals surface area contributed by atoms with Gasteiger partial charge in [-0.15, -0.1) is 0 Å². The van der Waals surface area contributed by atoms with Gasteiger partial charge in [-0.2, -0.15) is 0 Å². The van der Waals surface area contributed by atoms with E-state index >= 15 is 0 Å². The Hall–Kier alpha value is -1.15. The SMILES string of the molecule is NC1(C(=O)c2cccc(C3CCC3)c2)CCCC1. The Labute approximate surface area is 109 Å². The van der Waals surface area contributed by atoms with Gasteiger partial charge in [-0.1, -0.05) is 37.5 Å². The van der Waals surface area contributed by atoms with Crippen LogP contribution >= 0.6 is 0 Å². The molecule has 2 N–H and O–H groups in total. The summed E-state index contributed by atoms with van der Waals surface area (Å²) in [5, 5.41) is 0. The third-order valence-corrected chi connectivity index (χ3v) is 4.67. The van der Waals surface area contributed by atoms with Gasteiger partial charge in [0.25, 0.3) is 0 Å². The van der Waals surface area contributed by atoms with Crippen LogP contribution in [0.25, 0.3) is 0 Å². The minimum Gasteiger partial charge on any atom is -0.319 e. The van der Waals surface area contributed by atoms with Gasteiger partial charge >= 0.3 is 0 Å². The van der Waals surface area contributed by atoms with Crippen LogP contribution in [0.3, 0.4) is 0 Å². The van der Waals surface area contributed by atoms with Crippen LogP contribution in [0.15, 0.2) is 24.3 Å². The van der Waals surface area contributed by atoms with Gasteiger partial charge in [0.2, 0.25) is 0 Å². The van der Waals surface area contributed by atoms with Crippen LogP contribution in [-0.4, -0.2) is 11.3 Å². The van der Waals surface area contributed by atoms with E-state index in [-0.39, 0.29) is 5.78 Å². The second-order valence-electron chi connectivity index (χ2n) is 5.95. The molecule has 18 heavy (non-hydrogen) atoms. The van der Waals surface area contributed by atoms with Crippen molar-refractivity contribution in [2.75, 3.05) is 0 Å². The van der Waals surface area contributed by atoms with Gasteiger partial charge in [-0.25, -0.2) is 0 Å². The largest absolute Gasteiger partial charge is 0.319 e. The van der Waals surface area contributed by atoms with Crippen molar-refractivity contribution >= 4 is 5.78 Å². The van der Waals surface area contributed by atoms with Crippen molar-refractivity contribution in [1.29, 1.82) is 0 Å². The zero-order valence-corrected chi connectivity index (χ0v) is 10.8. The molecule has 0 saturated heterocycles. The molecule has 1 aromatic carbocycles. The minimum absolute atomic E-state index is 0.154. The number of Topliss-reactive ketones (excluding diaryl/α,β-unsaturated/α-hetero) is 1. The highest BCUT2D eigenvalue weighted by atomic mass is 16.1. The van der Waals surface area contributed by atoms with Gasteiger partial charge < -0.3 is 5.73 Å². The van der Waals surface area contributed by atoms with Crippen LogP contribution in [0, 0.1) is 0 Å². The Morgan fingerprint density at radius 2 is 1.89 bits per heavy atom. The fourth-order valence-corrected chi connectivity index (χ4v) is 3.20. The fourth-order valence-electron chi connectivity index (χ4n) is 3.20. The van der Waals surface area contributed by atoms with Crippen LogP contribution in [0.1, 0.15) is 66.8 Å². The van der Waals surface area contributed by atoms with Crippen LogP contribution in [0.5, 0.6) is 0 Å². The molecular weight excluding hydrogens is 222 g/mol. The van der Waals surface area contributed by atoms with E-state index in [1.54, 1.807) is 0 Å². The lowest BCUT2D eigenvalue weighted by molar-refractivity contribution is 0.0892. The molecule has 2 aliphatic rings. The highest BCUT2D eigenvalue weighted by Crippen LogP contribution is 2.37. The molecule has 1 aromatic rings. The van der Waals surface area contributed by atoms with Crippen LogP contribution in [-0.2, 0) is 0 Å². The highest BCUT2D eigenvalue weighted by molar-refractivity contribution is 6.03. The first kappa shape index (κ1) is 11.9. The van der Waals surface area contributed by atoms with Crippen LogP contribution in [0.4, 0.5) is 0 Å². The lowest BCUT2D eigenvalue weighted by Crippen LogP contribution is -2.45. The van der Waals surface area contributed by atoms with Crippen molar-refractivity contribution in [2.24, 2.45) is 5.73 Å². The average molecular weight is 243 g/mol. The Morgan fingerprint density at radius 3 is 2.50 bits per heavy atom. The number of carbonyl (C=O) groups excluding carboxylic acids is 1. The molecule has 3 rings (SSSR count). The minimum atomic E-state index is -0.585. The molecule has 0 unspecified atom stereocenters. The molecule has 96 valence electrons. The summed E-state index contributed by atoms with van der Waals surface area (Å²) in [5.74, 6) is 0.830. The van der Waals surface area contributed by atoms with E-state index < -0.39 is 5.54 Å². The molecule has 2 aliphatic carbocycles. The van der Waals surface area contributed by atoms with Gasteiger partial charge in [0.1, 0.15) is 0 Å². The number of carbonyl (C=O) groups is 1. The van der Waals surface area contributed by atoms with E-state index in [0.717, 1.165) is 31.2 Å². The summed E-state index contributed by atoms with van der Waals surface area (Å²) >= 11 is 0. The molecular formula is C16H21NO. The van der Waals surface area contributed by atoms with Crippen molar-refractivity contribution < 1.29 is 4.79 Å². The summed E-state index contributed by atoms with van der Waals surface area (Å²) in [6.45, 7) is 0. The zero-order chi connectivity index (χ0) is 12.6. The summed E-state index contributed by atoms with van der Waals surface area (Å²) in [5.41, 5.74) is 7.82. The number of benzene rings is 1. The quantitative estimate of drug-likeness (QED) is 0.827. The van der Waals surface area contributed by atoms with E-state index in [1.807, 2.05) is 12.1 Å². The lowest BCUT2D eigenvalue weighted by Gasteiger charge is -2.27. The van der Waals surface area contributed by atoms with E-state index in [0.29, 0.717) is 5.92 Å². The monoisotopic (exact) mass is 243 g/mol. The number of rotatable bonds is 3. The molecule has 2 saturated carbocycles.